The first-order valence-corrected chi connectivity index (χ1v) is 15.0. The van der Waals surface area contributed by atoms with Gasteiger partial charge >= 0.3 is 25.9 Å². The second kappa shape index (κ2) is 14.7. The molecule has 0 aliphatic heterocycles. The first kappa shape index (κ1) is 37.9. The van der Waals surface area contributed by atoms with E-state index >= 15 is 0 Å². The molecule has 3 aromatic carbocycles. The van der Waals surface area contributed by atoms with Crippen LogP contribution in [0.2, 0.25) is 0 Å². The van der Waals surface area contributed by atoms with Gasteiger partial charge in [0.25, 0.3) is 0 Å². The van der Waals surface area contributed by atoms with Gasteiger partial charge in [-0.05, 0) is 94.4 Å². The number of hydrogen-bond acceptors (Lipinski definition) is 4. The minimum Gasteiger partial charge on any atom is -0.490 e. The second-order valence-corrected chi connectivity index (χ2v) is 10.6. The van der Waals surface area contributed by atoms with Gasteiger partial charge in [-0.1, -0.05) is 6.92 Å². The normalized spacial score (nSPS) is 14.0. The number of nitrogens with zero attached hydrogens (tertiary/aromatic N) is 1. The van der Waals surface area contributed by atoms with Crippen LogP contribution in [-0.4, -0.2) is 38.0 Å². The van der Waals surface area contributed by atoms with Crippen LogP contribution in [0.4, 0.5) is 39.5 Å². The Morgan fingerprint density at radius 2 is 0.957 bits per heavy atom. The fourth-order valence-electron chi connectivity index (χ4n) is 5.73. The van der Waals surface area contributed by atoms with E-state index in [-0.39, 0.29) is 40.3 Å². The molecule has 47 heavy (non-hydrogen) atoms. The minimum atomic E-state index is -4.74. The van der Waals surface area contributed by atoms with Gasteiger partial charge in [0.15, 0.2) is 0 Å². The molecule has 1 atom stereocenters. The molecule has 0 aliphatic rings. The zero-order chi connectivity index (χ0) is 35.3. The Morgan fingerprint density at radius 1 is 0.553 bits per heavy atom. The minimum absolute atomic E-state index is 0.0132. The Hall–Kier alpha value is -3.59. The molecular formula is C32H36BF9NO4+. The largest absolute Gasteiger partial charge is 0.864 e. The molecule has 5 nitrogen and oxygen atoms in total. The summed E-state index contributed by atoms with van der Waals surface area (Å²) in [6, 6.07) is 9.64. The quantitative estimate of drug-likeness (QED) is 0.0736. The summed E-state index contributed by atoms with van der Waals surface area (Å²) in [5, 5.41) is 0. The van der Waals surface area contributed by atoms with Crippen molar-refractivity contribution in [3.63, 3.8) is 0 Å². The Kier molecular flexibility index (Phi) is 11.8. The van der Waals surface area contributed by atoms with Crippen molar-refractivity contribution < 1.29 is 62.7 Å². The first-order chi connectivity index (χ1) is 21.9. The van der Waals surface area contributed by atoms with Crippen LogP contribution in [0.3, 0.4) is 0 Å². The number of ether oxygens (including phenoxy) is 1. The van der Waals surface area contributed by atoms with E-state index in [2.05, 4.69) is 0 Å². The van der Waals surface area contributed by atoms with Crippen LogP contribution in [0.25, 0.3) is 0 Å². The van der Waals surface area contributed by atoms with Crippen molar-refractivity contribution >= 4 is 7.32 Å². The number of halogens is 9. The van der Waals surface area contributed by atoms with E-state index in [9.17, 15) is 39.5 Å². The Labute approximate surface area is 267 Å². The highest BCUT2D eigenvalue weighted by atomic mass is 19.4. The number of quaternary nitrogens is 1. The van der Waals surface area contributed by atoms with Gasteiger partial charge in [-0.2, -0.15) is 39.5 Å². The summed E-state index contributed by atoms with van der Waals surface area (Å²) in [4.78, 5) is 0. The van der Waals surface area contributed by atoms with Crippen LogP contribution in [0.1, 0.15) is 63.3 Å². The summed E-state index contributed by atoms with van der Waals surface area (Å²) in [6.45, 7) is 10.6. The molecule has 0 aliphatic carbocycles. The highest BCUT2D eigenvalue weighted by Gasteiger charge is 2.53. The molecule has 0 spiro atoms. The average Bonchev–Trinajstić information content (AvgIpc) is 3.01. The molecular weight excluding hydrogens is 644 g/mol. The van der Waals surface area contributed by atoms with E-state index in [1.165, 1.54) is 0 Å². The molecule has 0 amide bonds. The van der Waals surface area contributed by atoms with Crippen LogP contribution in [-0.2, 0) is 29.0 Å². The van der Waals surface area contributed by atoms with Crippen molar-refractivity contribution in [3.05, 3.63) is 89.0 Å². The van der Waals surface area contributed by atoms with E-state index in [1.807, 2.05) is 20.8 Å². The van der Waals surface area contributed by atoms with Crippen LogP contribution < -0.4 is 14.0 Å². The lowest BCUT2D eigenvalue weighted by molar-refractivity contribution is -1.01. The first-order valence-electron chi connectivity index (χ1n) is 15.0. The molecule has 0 fully saturated rings. The van der Waals surface area contributed by atoms with Crippen molar-refractivity contribution in [2.24, 2.45) is 0 Å². The number of benzene rings is 3. The predicted molar refractivity (Wildman–Crippen MR) is 157 cm³/mol. The van der Waals surface area contributed by atoms with Gasteiger partial charge in [0, 0.05) is 6.42 Å². The van der Waals surface area contributed by atoms with E-state index < -0.39 is 48.3 Å². The van der Waals surface area contributed by atoms with Crippen LogP contribution in [0, 0.1) is 0 Å². The smallest absolute Gasteiger partial charge is 0.490 e. The maximum atomic E-state index is 14.1. The van der Waals surface area contributed by atoms with E-state index in [0.717, 1.165) is 66.7 Å². The molecule has 1 unspecified atom stereocenters. The van der Waals surface area contributed by atoms with Gasteiger partial charge < -0.3 is 18.7 Å². The molecule has 0 saturated heterocycles. The Bertz CT molecular complexity index is 1370. The van der Waals surface area contributed by atoms with Crippen molar-refractivity contribution in [1.29, 1.82) is 0 Å². The summed E-state index contributed by atoms with van der Waals surface area (Å²) < 4.78 is 145. The van der Waals surface area contributed by atoms with Crippen molar-refractivity contribution in [2.45, 2.75) is 65.3 Å². The third-order valence-corrected chi connectivity index (χ3v) is 8.22. The zero-order valence-corrected chi connectivity index (χ0v) is 26.4. The van der Waals surface area contributed by atoms with Crippen molar-refractivity contribution in [2.75, 3.05) is 26.2 Å². The van der Waals surface area contributed by atoms with E-state index in [0.29, 0.717) is 19.6 Å². The van der Waals surface area contributed by atoms with Gasteiger partial charge in [0.05, 0.1) is 48.5 Å². The van der Waals surface area contributed by atoms with E-state index in [1.54, 1.807) is 13.8 Å². The zero-order valence-electron chi connectivity index (χ0n) is 26.4. The van der Waals surface area contributed by atoms with Gasteiger partial charge in [-0.3, -0.25) is 4.48 Å². The maximum Gasteiger partial charge on any atom is 0.864 e. The highest BCUT2D eigenvalue weighted by Crippen LogP contribution is 2.46. The predicted octanol–water partition coefficient (Wildman–Crippen LogP) is 9.74. The molecule has 0 aromatic heterocycles. The Morgan fingerprint density at radius 3 is 1.30 bits per heavy atom. The lowest BCUT2D eigenvalue weighted by Gasteiger charge is -2.51. The van der Waals surface area contributed by atoms with Gasteiger partial charge in [0.1, 0.15) is 17.2 Å². The van der Waals surface area contributed by atoms with Gasteiger partial charge in [-0.25, -0.2) is 0 Å². The summed E-state index contributed by atoms with van der Waals surface area (Å²) in [7, 11) is -1.89. The second-order valence-electron chi connectivity index (χ2n) is 10.6. The number of rotatable bonds is 14. The third-order valence-electron chi connectivity index (χ3n) is 8.22. The summed E-state index contributed by atoms with van der Waals surface area (Å²) in [5.41, 5.74) is -4.31. The highest BCUT2D eigenvalue weighted by molar-refractivity contribution is 6.39. The van der Waals surface area contributed by atoms with E-state index in [4.69, 9.17) is 18.7 Å². The van der Waals surface area contributed by atoms with Gasteiger partial charge in [0.2, 0.25) is 5.72 Å². The Balaban J connectivity index is 2.21. The molecule has 0 N–H and O–H groups in total. The summed E-state index contributed by atoms with van der Waals surface area (Å²) >= 11 is 0. The number of hydrogen-bond donors (Lipinski definition) is 0. The van der Waals surface area contributed by atoms with Crippen molar-refractivity contribution in [1.82, 2.24) is 0 Å². The van der Waals surface area contributed by atoms with Crippen LogP contribution in [0.5, 0.6) is 17.2 Å². The molecule has 0 bridgehead atoms. The molecule has 0 radical (unpaired) electrons. The molecule has 258 valence electrons. The summed E-state index contributed by atoms with van der Waals surface area (Å²) in [5.74, 6) is -0.526. The SMILES string of the molecule is CCOC(CC)(c1cc(C(F)(F)F)ccc1OB(Oc1ccc(C(F)(F)F)cc1)Oc1ccc(C(F)(F)F)cc1)[N+](CC)(CC)CC. The fraction of sp³-hybridized carbons (Fsp3) is 0.438. The fourth-order valence-corrected chi connectivity index (χ4v) is 5.73. The lowest BCUT2D eigenvalue weighted by atomic mass is 9.91. The third kappa shape index (κ3) is 8.47. The average molecular weight is 680 g/mol. The standard InChI is InChI=1S/C32H36BF9NO4/c1-6-29(44-10-5,43(7-2,8-3)9-4)27-21-24(32(40,41)42)15-20-28(27)47-33(45-25-16-11-22(12-17-25)30(34,35)36)46-26-18-13-23(14-19-26)31(37,38)39/h11-21H,6-10H2,1-5H3/q+1. The molecule has 3 aromatic rings. The molecule has 0 saturated carbocycles. The summed E-state index contributed by atoms with van der Waals surface area (Å²) in [6.07, 6.45) is -13.8. The molecule has 15 heteroatoms. The maximum absolute atomic E-state index is 14.1. The lowest BCUT2D eigenvalue weighted by Crippen LogP contribution is -2.63. The van der Waals surface area contributed by atoms with Crippen LogP contribution in [0.15, 0.2) is 66.7 Å². The van der Waals surface area contributed by atoms with Gasteiger partial charge in [-0.15, -0.1) is 0 Å². The van der Waals surface area contributed by atoms with Crippen molar-refractivity contribution in [3.8, 4) is 17.2 Å². The molecule has 0 heterocycles. The van der Waals surface area contributed by atoms with Crippen LogP contribution >= 0.6 is 0 Å². The monoisotopic (exact) mass is 680 g/mol. The molecule has 3 rings (SSSR count). The topological polar surface area (TPSA) is 36.9 Å². The number of alkyl halides is 9.